The van der Waals surface area contributed by atoms with E-state index in [2.05, 4.69) is 46.0 Å². The molecular formula is C16H25N3S2. The smallest absolute Gasteiger partial charge is 0.142 e. The van der Waals surface area contributed by atoms with Crippen LogP contribution < -0.4 is 5.32 Å². The van der Waals surface area contributed by atoms with Crippen molar-refractivity contribution < 1.29 is 0 Å². The summed E-state index contributed by atoms with van der Waals surface area (Å²) in [5, 5.41) is 4.63. The van der Waals surface area contributed by atoms with E-state index in [1.54, 1.807) is 11.3 Å². The van der Waals surface area contributed by atoms with Gasteiger partial charge in [-0.25, -0.2) is 9.97 Å². The second-order valence-corrected chi connectivity index (χ2v) is 9.02. The summed E-state index contributed by atoms with van der Waals surface area (Å²) in [7, 11) is 0. The summed E-state index contributed by atoms with van der Waals surface area (Å²) in [4.78, 5) is 12.0. The van der Waals surface area contributed by atoms with Gasteiger partial charge in [0.2, 0.25) is 0 Å². The van der Waals surface area contributed by atoms with Crippen LogP contribution in [-0.4, -0.2) is 21.3 Å². The first-order valence-corrected chi connectivity index (χ1v) is 9.40. The summed E-state index contributed by atoms with van der Waals surface area (Å²) < 4.78 is 0.235. The van der Waals surface area contributed by atoms with Crippen LogP contribution in [0.5, 0.6) is 0 Å². The summed E-state index contributed by atoms with van der Waals surface area (Å²) in [5.74, 6) is 2.80. The molecule has 1 N–H and O–H groups in total. The van der Waals surface area contributed by atoms with Crippen molar-refractivity contribution in [2.45, 2.75) is 58.0 Å². The second kappa shape index (κ2) is 6.97. The number of aryl methyl sites for hydroxylation is 1. The molecule has 2 heterocycles. The molecule has 0 unspecified atom stereocenters. The van der Waals surface area contributed by atoms with Gasteiger partial charge in [-0.15, -0.1) is 23.1 Å². The minimum atomic E-state index is 0.235. The molecular weight excluding hydrogens is 298 g/mol. The Morgan fingerprint density at radius 1 is 1.24 bits per heavy atom. The van der Waals surface area contributed by atoms with Gasteiger partial charge >= 0.3 is 0 Å². The largest absolute Gasteiger partial charge is 0.369 e. The van der Waals surface area contributed by atoms with E-state index < -0.39 is 0 Å². The lowest BCUT2D eigenvalue weighted by Crippen LogP contribution is -2.10. The first-order chi connectivity index (χ1) is 9.93. The van der Waals surface area contributed by atoms with E-state index in [1.807, 2.05) is 11.8 Å². The minimum absolute atomic E-state index is 0.235. The fraction of sp³-hybridized carbons (Fsp3) is 0.625. The van der Waals surface area contributed by atoms with E-state index in [4.69, 9.17) is 9.97 Å². The lowest BCUT2D eigenvalue weighted by Gasteiger charge is -2.17. The van der Waals surface area contributed by atoms with Gasteiger partial charge < -0.3 is 5.32 Å². The zero-order chi connectivity index (χ0) is 15.5. The van der Waals surface area contributed by atoms with Crippen molar-refractivity contribution in [1.29, 1.82) is 0 Å². The van der Waals surface area contributed by atoms with E-state index in [-0.39, 0.29) is 4.75 Å². The van der Waals surface area contributed by atoms with Crippen LogP contribution >= 0.6 is 23.1 Å². The van der Waals surface area contributed by atoms with Crippen LogP contribution in [0.25, 0.3) is 10.2 Å². The fourth-order valence-corrected chi connectivity index (χ4v) is 3.59. The Morgan fingerprint density at radius 3 is 2.62 bits per heavy atom. The van der Waals surface area contributed by atoms with Crippen LogP contribution in [0.1, 0.15) is 51.7 Å². The van der Waals surface area contributed by atoms with Crippen molar-refractivity contribution in [3.8, 4) is 0 Å². The van der Waals surface area contributed by atoms with Crippen LogP contribution in [-0.2, 0) is 12.2 Å². The average molecular weight is 324 g/mol. The van der Waals surface area contributed by atoms with Gasteiger partial charge in [-0.3, -0.25) is 0 Å². The standard InChI is InChI=1S/C16H25N3S2/c1-6-8-17-14-12-9-11(7-2)21-15(12)19-13(18-14)10-20-16(3,4)5/h9H,6-8,10H2,1-5H3,(H,17,18,19). The van der Waals surface area contributed by atoms with Gasteiger partial charge in [-0.05, 0) is 18.9 Å². The molecule has 0 radical (unpaired) electrons. The van der Waals surface area contributed by atoms with Gasteiger partial charge in [0, 0.05) is 16.2 Å². The predicted molar refractivity (Wildman–Crippen MR) is 96.6 cm³/mol. The highest BCUT2D eigenvalue weighted by Crippen LogP contribution is 2.32. The van der Waals surface area contributed by atoms with Crippen molar-refractivity contribution >= 4 is 39.1 Å². The molecule has 0 aliphatic heterocycles. The molecule has 2 rings (SSSR count). The molecule has 2 aromatic heterocycles. The van der Waals surface area contributed by atoms with Crippen molar-refractivity contribution in [1.82, 2.24) is 9.97 Å². The molecule has 0 aliphatic rings. The number of aromatic nitrogens is 2. The number of hydrogen-bond donors (Lipinski definition) is 1. The number of nitrogens with one attached hydrogen (secondary N) is 1. The molecule has 0 amide bonds. The van der Waals surface area contributed by atoms with Gasteiger partial charge in [-0.1, -0.05) is 34.6 Å². The highest BCUT2D eigenvalue weighted by atomic mass is 32.2. The Hall–Kier alpha value is -0.810. The molecule has 0 aliphatic carbocycles. The highest BCUT2D eigenvalue weighted by Gasteiger charge is 2.15. The van der Waals surface area contributed by atoms with Gasteiger partial charge in [0.15, 0.2) is 0 Å². The summed E-state index contributed by atoms with van der Waals surface area (Å²) >= 11 is 3.68. The van der Waals surface area contributed by atoms with E-state index in [0.29, 0.717) is 0 Å². The Balaban J connectivity index is 2.33. The topological polar surface area (TPSA) is 37.8 Å². The van der Waals surface area contributed by atoms with E-state index in [1.165, 1.54) is 10.3 Å². The Bertz CT molecular complexity index is 599. The molecule has 21 heavy (non-hydrogen) atoms. The zero-order valence-corrected chi connectivity index (χ0v) is 15.2. The normalized spacial score (nSPS) is 12.0. The SMILES string of the molecule is CCCNc1nc(CSC(C)(C)C)nc2sc(CC)cc12. The minimum Gasteiger partial charge on any atom is -0.369 e. The highest BCUT2D eigenvalue weighted by molar-refractivity contribution is 7.99. The lowest BCUT2D eigenvalue weighted by atomic mass is 10.3. The first kappa shape index (κ1) is 16.6. The van der Waals surface area contributed by atoms with Crippen LogP contribution in [0.4, 0.5) is 5.82 Å². The molecule has 0 saturated carbocycles. The third-order valence-electron chi connectivity index (χ3n) is 3.02. The maximum Gasteiger partial charge on any atom is 0.142 e. The van der Waals surface area contributed by atoms with Crippen molar-refractivity contribution in [2.75, 3.05) is 11.9 Å². The number of thioether (sulfide) groups is 1. The molecule has 0 bridgehead atoms. The number of thiophene rings is 1. The van der Waals surface area contributed by atoms with Gasteiger partial charge in [0.25, 0.3) is 0 Å². The van der Waals surface area contributed by atoms with Crippen molar-refractivity contribution in [3.63, 3.8) is 0 Å². The number of rotatable bonds is 6. The van der Waals surface area contributed by atoms with E-state index >= 15 is 0 Å². The van der Waals surface area contributed by atoms with E-state index in [0.717, 1.165) is 41.6 Å². The summed E-state index contributed by atoms with van der Waals surface area (Å²) in [6.45, 7) is 12.0. The summed E-state index contributed by atoms with van der Waals surface area (Å²) in [6, 6.07) is 2.23. The average Bonchev–Trinajstić information content (AvgIpc) is 2.85. The van der Waals surface area contributed by atoms with Crippen molar-refractivity contribution in [2.24, 2.45) is 0 Å². The first-order valence-electron chi connectivity index (χ1n) is 7.60. The zero-order valence-electron chi connectivity index (χ0n) is 13.6. The third kappa shape index (κ3) is 4.58. The van der Waals surface area contributed by atoms with E-state index in [9.17, 15) is 0 Å². The van der Waals surface area contributed by atoms with Gasteiger partial charge in [0.1, 0.15) is 16.5 Å². The number of fused-ring (bicyclic) bond motifs is 1. The van der Waals surface area contributed by atoms with Crippen LogP contribution in [0.15, 0.2) is 6.07 Å². The number of anilines is 1. The lowest BCUT2D eigenvalue weighted by molar-refractivity contribution is 0.800. The van der Waals surface area contributed by atoms with Crippen LogP contribution in [0, 0.1) is 0 Å². The van der Waals surface area contributed by atoms with Crippen LogP contribution in [0.2, 0.25) is 0 Å². The third-order valence-corrected chi connectivity index (χ3v) is 5.46. The fourth-order valence-electron chi connectivity index (χ4n) is 1.91. The number of hydrogen-bond acceptors (Lipinski definition) is 5. The Kier molecular flexibility index (Phi) is 5.49. The maximum atomic E-state index is 4.76. The Morgan fingerprint density at radius 2 is 2.00 bits per heavy atom. The molecule has 0 aromatic carbocycles. The van der Waals surface area contributed by atoms with Gasteiger partial charge in [0.05, 0.1) is 11.1 Å². The number of nitrogens with zero attached hydrogens (tertiary/aromatic N) is 2. The molecule has 0 atom stereocenters. The summed E-state index contributed by atoms with van der Waals surface area (Å²) in [6.07, 6.45) is 2.16. The quantitative estimate of drug-likeness (QED) is 0.802. The monoisotopic (exact) mass is 323 g/mol. The van der Waals surface area contributed by atoms with Gasteiger partial charge in [-0.2, -0.15) is 0 Å². The summed E-state index contributed by atoms with van der Waals surface area (Å²) in [5.41, 5.74) is 0. The molecule has 0 spiro atoms. The van der Waals surface area contributed by atoms with Crippen molar-refractivity contribution in [3.05, 3.63) is 16.8 Å². The molecule has 2 aromatic rings. The predicted octanol–water partition coefficient (Wildman–Crippen LogP) is 5.11. The Labute approximate surface area is 136 Å². The second-order valence-electron chi connectivity index (χ2n) is 6.10. The molecule has 0 fully saturated rings. The molecule has 5 heteroatoms. The van der Waals surface area contributed by atoms with Crippen LogP contribution in [0.3, 0.4) is 0 Å². The maximum absolute atomic E-state index is 4.76. The molecule has 0 saturated heterocycles. The molecule has 116 valence electrons. The molecule has 3 nitrogen and oxygen atoms in total.